The van der Waals surface area contributed by atoms with Crippen molar-refractivity contribution in [1.82, 2.24) is 5.32 Å². The van der Waals surface area contributed by atoms with Crippen LogP contribution in [-0.4, -0.2) is 18.4 Å². The van der Waals surface area contributed by atoms with Gasteiger partial charge in [-0.25, -0.2) is 0 Å². The zero-order valence-electron chi connectivity index (χ0n) is 13.8. The van der Waals surface area contributed by atoms with Gasteiger partial charge in [-0.15, -0.1) is 0 Å². The SMILES string of the molecule is CCCCCNC(=O)C(C)(C)C(=O)Nc1ccc(C)c(Cl)c1. The highest BCUT2D eigenvalue weighted by atomic mass is 35.5. The summed E-state index contributed by atoms with van der Waals surface area (Å²) in [5.41, 5.74) is 0.392. The van der Waals surface area contributed by atoms with E-state index in [4.69, 9.17) is 11.6 Å². The van der Waals surface area contributed by atoms with E-state index in [9.17, 15) is 9.59 Å². The van der Waals surface area contributed by atoms with Gasteiger partial charge in [0, 0.05) is 17.3 Å². The Balaban J connectivity index is 2.64. The fraction of sp³-hybridized carbons (Fsp3) is 0.529. The first-order valence-electron chi connectivity index (χ1n) is 7.65. The molecule has 0 bridgehead atoms. The molecule has 0 aromatic heterocycles. The molecule has 0 radical (unpaired) electrons. The van der Waals surface area contributed by atoms with Crippen molar-refractivity contribution in [3.63, 3.8) is 0 Å². The Morgan fingerprint density at radius 3 is 2.45 bits per heavy atom. The van der Waals surface area contributed by atoms with Crippen molar-refractivity contribution in [3.05, 3.63) is 28.8 Å². The number of hydrogen-bond acceptors (Lipinski definition) is 2. The molecule has 0 heterocycles. The number of amides is 2. The van der Waals surface area contributed by atoms with E-state index in [1.165, 1.54) is 0 Å². The third-order valence-corrected chi connectivity index (χ3v) is 4.04. The molecule has 0 saturated heterocycles. The number of anilines is 1. The van der Waals surface area contributed by atoms with Crippen molar-refractivity contribution in [3.8, 4) is 0 Å². The molecular formula is C17H25ClN2O2. The highest BCUT2D eigenvalue weighted by molar-refractivity contribution is 6.31. The van der Waals surface area contributed by atoms with Crippen LogP contribution in [0.25, 0.3) is 0 Å². The number of unbranched alkanes of at least 4 members (excludes halogenated alkanes) is 2. The van der Waals surface area contributed by atoms with Gasteiger partial charge in [0.15, 0.2) is 0 Å². The van der Waals surface area contributed by atoms with E-state index >= 15 is 0 Å². The standard InChI is InChI=1S/C17H25ClN2O2/c1-5-6-7-10-19-15(21)17(3,4)16(22)20-13-9-8-12(2)14(18)11-13/h8-9,11H,5-7,10H2,1-4H3,(H,19,21)(H,20,22). The summed E-state index contributed by atoms with van der Waals surface area (Å²) in [4.78, 5) is 24.5. The van der Waals surface area contributed by atoms with Crippen molar-refractivity contribution in [1.29, 1.82) is 0 Å². The number of nitrogens with one attached hydrogen (secondary N) is 2. The number of halogens is 1. The fourth-order valence-corrected chi connectivity index (χ4v) is 2.04. The summed E-state index contributed by atoms with van der Waals surface area (Å²) >= 11 is 6.04. The molecule has 0 unspecified atom stereocenters. The molecule has 0 aliphatic rings. The first-order chi connectivity index (χ1) is 10.3. The molecule has 4 nitrogen and oxygen atoms in total. The molecule has 22 heavy (non-hydrogen) atoms. The van der Waals surface area contributed by atoms with Crippen molar-refractivity contribution in [2.45, 2.75) is 47.0 Å². The van der Waals surface area contributed by atoms with E-state index < -0.39 is 5.41 Å². The van der Waals surface area contributed by atoms with Gasteiger partial charge in [-0.1, -0.05) is 37.4 Å². The summed E-state index contributed by atoms with van der Waals surface area (Å²) in [5, 5.41) is 6.15. The van der Waals surface area contributed by atoms with E-state index in [0.29, 0.717) is 17.3 Å². The number of carbonyl (C=O) groups excluding carboxylic acids is 2. The Hall–Kier alpha value is -1.55. The Morgan fingerprint density at radius 1 is 1.18 bits per heavy atom. The molecule has 0 aliphatic heterocycles. The monoisotopic (exact) mass is 324 g/mol. The first-order valence-corrected chi connectivity index (χ1v) is 8.02. The quantitative estimate of drug-likeness (QED) is 0.590. The fourth-order valence-electron chi connectivity index (χ4n) is 1.86. The predicted octanol–water partition coefficient (Wildman–Crippen LogP) is 3.92. The molecule has 1 aromatic carbocycles. The minimum absolute atomic E-state index is 0.265. The van der Waals surface area contributed by atoms with E-state index in [0.717, 1.165) is 24.8 Å². The second-order valence-corrected chi connectivity index (χ2v) is 6.41. The van der Waals surface area contributed by atoms with Gasteiger partial charge in [-0.05, 0) is 44.9 Å². The lowest BCUT2D eigenvalue weighted by atomic mass is 9.91. The average molecular weight is 325 g/mol. The molecule has 0 fully saturated rings. The third-order valence-electron chi connectivity index (χ3n) is 3.63. The minimum atomic E-state index is -1.14. The molecule has 122 valence electrons. The highest BCUT2D eigenvalue weighted by Crippen LogP contribution is 2.23. The lowest BCUT2D eigenvalue weighted by molar-refractivity contribution is -0.138. The maximum absolute atomic E-state index is 12.3. The normalized spacial score (nSPS) is 11.1. The van der Waals surface area contributed by atoms with Crippen LogP contribution in [-0.2, 0) is 9.59 Å². The van der Waals surface area contributed by atoms with E-state index in [2.05, 4.69) is 17.6 Å². The maximum Gasteiger partial charge on any atom is 0.239 e. The Bertz CT molecular complexity index is 541. The largest absolute Gasteiger partial charge is 0.355 e. The van der Waals surface area contributed by atoms with Crippen molar-refractivity contribution in [2.75, 3.05) is 11.9 Å². The molecular weight excluding hydrogens is 300 g/mol. The van der Waals surface area contributed by atoms with Crippen LogP contribution in [0.1, 0.15) is 45.6 Å². The van der Waals surface area contributed by atoms with Gasteiger partial charge in [0.05, 0.1) is 0 Å². The minimum Gasteiger partial charge on any atom is -0.355 e. The predicted molar refractivity (Wildman–Crippen MR) is 91.1 cm³/mol. The summed E-state index contributed by atoms with van der Waals surface area (Å²) in [6.07, 6.45) is 3.08. The van der Waals surface area contributed by atoms with Crippen LogP contribution in [0.5, 0.6) is 0 Å². The van der Waals surface area contributed by atoms with Gasteiger partial charge in [0.2, 0.25) is 11.8 Å². The highest BCUT2D eigenvalue weighted by Gasteiger charge is 2.35. The Kier molecular flexibility index (Phi) is 6.88. The molecule has 1 aromatic rings. The first kappa shape index (κ1) is 18.5. The van der Waals surface area contributed by atoms with E-state index in [-0.39, 0.29) is 11.8 Å². The van der Waals surface area contributed by atoms with Crippen molar-refractivity contribution < 1.29 is 9.59 Å². The summed E-state index contributed by atoms with van der Waals surface area (Å²) in [6, 6.07) is 5.29. The molecule has 0 spiro atoms. The lowest BCUT2D eigenvalue weighted by Crippen LogP contribution is -2.45. The van der Waals surface area contributed by atoms with Crippen LogP contribution in [0, 0.1) is 12.3 Å². The van der Waals surface area contributed by atoms with Crippen molar-refractivity contribution in [2.24, 2.45) is 5.41 Å². The molecule has 2 amide bonds. The lowest BCUT2D eigenvalue weighted by Gasteiger charge is -2.23. The molecule has 0 aliphatic carbocycles. The van der Waals surface area contributed by atoms with E-state index in [1.807, 2.05) is 13.0 Å². The Morgan fingerprint density at radius 2 is 1.86 bits per heavy atom. The summed E-state index contributed by atoms with van der Waals surface area (Å²) in [6.45, 7) is 7.83. The van der Waals surface area contributed by atoms with Crippen molar-refractivity contribution >= 4 is 29.1 Å². The van der Waals surface area contributed by atoms with Crippen LogP contribution in [0.4, 0.5) is 5.69 Å². The zero-order valence-corrected chi connectivity index (χ0v) is 14.5. The van der Waals surface area contributed by atoms with Crippen LogP contribution >= 0.6 is 11.6 Å². The number of carbonyl (C=O) groups is 2. The van der Waals surface area contributed by atoms with Gasteiger partial charge >= 0.3 is 0 Å². The molecule has 0 atom stereocenters. The average Bonchev–Trinajstić information content (AvgIpc) is 2.47. The third kappa shape index (κ3) is 5.02. The van der Waals surface area contributed by atoms with Gasteiger partial charge in [-0.2, -0.15) is 0 Å². The molecule has 5 heteroatoms. The van der Waals surface area contributed by atoms with Gasteiger partial charge in [0.25, 0.3) is 0 Å². The molecule has 0 saturated carbocycles. The number of rotatable bonds is 7. The summed E-state index contributed by atoms with van der Waals surface area (Å²) < 4.78 is 0. The van der Waals surface area contributed by atoms with Crippen LogP contribution < -0.4 is 10.6 Å². The summed E-state index contributed by atoms with van der Waals surface area (Å²) in [5.74, 6) is -0.611. The van der Waals surface area contributed by atoms with Crippen LogP contribution in [0.3, 0.4) is 0 Å². The Labute approximate surface area is 137 Å². The topological polar surface area (TPSA) is 58.2 Å². The van der Waals surface area contributed by atoms with Gasteiger partial charge < -0.3 is 10.6 Å². The second kappa shape index (κ2) is 8.18. The zero-order chi connectivity index (χ0) is 16.8. The number of benzene rings is 1. The van der Waals surface area contributed by atoms with Gasteiger partial charge in [-0.3, -0.25) is 9.59 Å². The smallest absolute Gasteiger partial charge is 0.239 e. The van der Waals surface area contributed by atoms with Gasteiger partial charge in [0.1, 0.15) is 5.41 Å². The maximum atomic E-state index is 12.3. The summed E-state index contributed by atoms with van der Waals surface area (Å²) in [7, 11) is 0. The second-order valence-electron chi connectivity index (χ2n) is 6.01. The molecule has 2 N–H and O–H groups in total. The number of hydrogen-bond donors (Lipinski definition) is 2. The molecule has 1 rings (SSSR count). The van der Waals surface area contributed by atoms with Crippen LogP contribution in [0.2, 0.25) is 5.02 Å². The van der Waals surface area contributed by atoms with Crippen LogP contribution in [0.15, 0.2) is 18.2 Å². The van der Waals surface area contributed by atoms with E-state index in [1.54, 1.807) is 26.0 Å². The number of aryl methyl sites for hydroxylation is 1.